The molecule has 0 heterocycles. The molecule has 1 aliphatic carbocycles. The quantitative estimate of drug-likeness (QED) is 0.609. The Labute approximate surface area is 121 Å². The number of rotatable bonds is 9. The van der Waals surface area contributed by atoms with Crippen LogP contribution in [0.3, 0.4) is 0 Å². The van der Waals surface area contributed by atoms with Crippen molar-refractivity contribution in [3.05, 3.63) is 0 Å². The van der Waals surface area contributed by atoms with E-state index in [4.69, 9.17) is 5.11 Å². The monoisotopic (exact) mass is 284 g/mol. The molecular weight excluding hydrogens is 256 g/mol. The molecule has 1 saturated carbocycles. The lowest BCUT2D eigenvalue weighted by atomic mass is 9.94. The number of hydrogen-bond acceptors (Lipinski definition) is 2. The summed E-state index contributed by atoms with van der Waals surface area (Å²) in [6, 6.07) is 0.158. The third kappa shape index (κ3) is 6.78. The summed E-state index contributed by atoms with van der Waals surface area (Å²) in [7, 11) is 0. The molecule has 2 amide bonds. The molecule has 5 heteroatoms. The van der Waals surface area contributed by atoms with Crippen molar-refractivity contribution in [3.8, 4) is 0 Å². The number of hydrogen-bond donors (Lipinski definition) is 3. The van der Waals surface area contributed by atoms with Gasteiger partial charge >= 0.3 is 12.0 Å². The first-order valence-corrected chi connectivity index (χ1v) is 7.68. The van der Waals surface area contributed by atoms with Crippen LogP contribution in [-0.4, -0.2) is 29.7 Å². The van der Waals surface area contributed by atoms with Gasteiger partial charge in [0.15, 0.2) is 0 Å². The summed E-state index contributed by atoms with van der Waals surface area (Å²) in [5.41, 5.74) is 0. The van der Waals surface area contributed by atoms with E-state index in [2.05, 4.69) is 31.4 Å². The third-order valence-corrected chi connectivity index (χ3v) is 3.72. The van der Waals surface area contributed by atoms with Gasteiger partial charge in [-0.15, -0.1) is 0 Å². The predicted molar refractivity (Wildman–Crippen MR) is 78.5 cm³/mol. The summed E-state index contributed by atoms with van der Waals surface area (Å²) >= 11 is 0. The highest BCUT2D eigenvalue weighted by Gasteiger charge is 2.37. The highest BCUT2D eigenvalue weighted by atomic mass is 16.4. The largest absolute Gasteiger partial charge is 0.481 e. The molecule has 1 fully saturated rings. The minimum atomic E-state index is -0.803. The average Bonchev–Trinajstić information content (AvgIpc) is 3.03. The Kier molecular flexibility index (Phi) is 6.82. The summed E-state index contributed by atoms with van der Waals surface area (Å²) in [6.45, 7) is 6.71. The van der Waals surface area contributed by atoms with Gasteiger partial charge in [-0.3, -0.25) is 4.79 Å². The van der Waals surface area contributed by atoms with Crippen molar-refractivity contribution in [1.29, 1.82) is 0 Å². The number of carbonyl (C=O) groups is 2. The molecular formula is C15H28N2O3. The van der Waals surface area contributed by atoms with Crippen molar-refractivity contribution in [3.63, 3.8) is 0 Å². The summed E-state index contributed by atoms with van der Waals surface area (Å²) in [6.07, 6.45) is 4.32. The number of urea groups is 1. The topological polar surface area (TPSA) is 78.4 Å². The molecule has 0 bridgehead atoms. The van der Waals surface area contributed by atoms with Gasteiger partial charge in [-0.2, -0.15) is 0 Å². The normalized spacial score (nSPS) is 22.4. The Morgan fingerprint density at radius 3 is 2.60 bits per heavy atom. The lowest BCUT2D eigenvalue weighted by Gasteiger charge is -2.18. The molecule has 3 atom stereocenters. The molecule has 0 aromatic heterocycles. The number of nitrogens with one attached hydrogen (secondary N) is 2. The second-order valence-electron chi connectivity index (χ2n) is 6.34. The minimum absolute atomic E-state index is 0.00360. The Morgan fingerprint density at radius 2 is 2.05 bits per heavy atom. The Morgan fingerprint density at radius 1 is 1.35 bits per heavy atom. The van der Waals surface area contributed by atoms with E-state index in [1.807, 2.05) is 0 Å². The van der Waals surface area contributed by atoms with Gasteiger partial charge in [-0.25, -0.2) is 4.79 Å². The van der Waals surface area contributed by atoms with E-state index >= 15 is 0 Å². The van der Waals surface area contributed by atoms with Gasteiger partial charge in [-0.05, 0) is 37.0 Å². The maximum atomic E-state index is 11.7. The van der Waals surface area contributed by atoms with Crippen molar-refractivity contribution in [2.45, 2.75) is 58.9 Å². The number of carboxylic acids is 1. The van der Waals surface area contributed by atoms with E-state index in [0.29, 0.717) is 24.4 Å². The fourth-order valence-corrected chi connectivity index (χ4v) is 2.72. The molecule has 0 aromatic rings. The number of carboxylic acid groups (broad SMARTS) is 1. The maximum absolute atomic E-state index is 11.7. The number of aliphatic carboxylic acids is 1. The lowest BCUT2D eigenvalue weighted by molar-refractivity contribution is -0.138. The van der Waals surface area contributed by atoms with E-state index in [1.54, 1.807) is 0 Å². The molecule has 5 nitrogen and oxygen atoms in total. The molecule has 2 unspecified atom stereocenters. The van der Waals surface area contributed by atoms with Gasteiger partial charge in [0.05, 0.1) is 0 Å². The zero-order chi connectivity index (χ0) is 15.1. The van der Waals surface area contributed by atoms with Gasteiger partial charge in [0.2, 0.25) is 0 Å². The van der Waals surface area contributed by atoms with E-state index in [9.17, 15) is 9.59 Å². The standard InChI is InChI=1S/C15H28N2O3/c1-4-5-12-8-13(12)17-15(20)16-9-11(6-10(2)3)7-14(18)19/h10-13H,4-9H2,1-3H3,(H,18,19)(H2,16,17,20)/t11-,12?,13?/m0/s1. The maximum Gasteiger partial charge on any atom is 0.315 e. The highest BCUT2D eigenvalue weighted by molar-refractivity contribution is 5.74. The fraction of sp³-hybridized carbons (Fsp3) is 0.867. The first-order chi connectivity index (χ1) is 9.42. The number of amides is 2. The van der Waals surface area contributed by atoms with E-state index < -0.39 is 5.97 Å². The molecule has 0 aromatic carbocycles. The highest BCUT2D eigenvalue weighted by Crippen LogP contribution is 2.34. The van der Waals surface area contributed by atoms with Crippen molar-refractivity contribution >= 4 is 12.0 Å². The second-order valence-corrected chi connectivity index (χ2v) is 6.34. The Hall–Kier alpha value is -1.26. The lowest BCUT2D eigenvalue weighted by Crippen LogP contribution is -2.40. The van der Waals surface area contributed by atoms with Crippen LogP contribution in [0.5, 0.6) is 0 Å². The van der Waals surface area contributed by atoms with Crippen LogP contribution >= 0.6 is 0 Å². The van der Waals surface area contributed by atoms with Crippen LogP contribution in [0.4, 0.5) is 4.79 Å². The van der Waals surface area contributed by atoms with Crippen molar-refractivity contribution in [1.82, 2.24) is 10.6 Å². The van der Waals surface area contributed by atoms with Crippen molar-refractivity contribution < 1.29 is 14.7 Å². The van der Waals surface area contributed by atoms with Crippen LogP contribution in [0, 0.1) is 17.8 Å². The van der Waals surface area contributed by atoms with Crippen LogP contribution in [0.25, 0.3) is 0 Å². The molecule has 116 valence electrons. The van der Waals surface area contributed by atoms with Gasteiger partial charge < -0.3 is 15.7 Å². The molecule has 1 aliphatic rings. The number of carbonyl (C=O) groups excluding carboxylic acids is 1. The van der Waals surface area contributed by atoms with Gasteiger partial charge in [0.1, 0.15) is 0 Å². The first kappa shape index (κ1) is 16.8. The third-order valence-electron chi connectivity index (χ3n) is 3.72. The van der Waals surface area contributed by atoms with Crippen LogP contribution in [0.1, 0.15) is 52.9 Å². The molecule has 0 aliphatic heterocycles. The Balaban J connectivity index is 2.24. The van der Waals surface area contributed by atoms with Crippen LogP contribution in [0.2, 0.25) is 0 Å². The van der Waals surface area contributed by atoms with Crippen LogP contribution < -0.4 is 10.6 Å². The molecule has 20 heavy (non-hydrogen) atoms. The van der Waals surface area contributed by atoms with Gasteiger partial charge in [0, 0.05) is 19.0 Å². The summed E-state index contributed by atoms with van der Waals surface area (Å²) in [5.74, 6) is 0.268. The smallest absolute Gasteiger partial charge is 0.315 e. The minimum Gasteiger partial charge on any atom is -0.481 e. The van der Waals surface area contributed by atoms with Gasteiger partial charge in [0.25, 0.3) is 0 Å². The van der Waals surface area contributed by atoms with Gasteiger partial charge in [-0.1, -0.05) is 27.2 Å². The SMILES string of the molecule is CCCC1CC1NC(=O)NC[C@H](CC(=O)O)CC(C)C. The molecule has 1 rings (SSSR count). The average molecular weight is 284 g/mol. The van der Waals surface area contributed by atoms with Crippen molar-refractivity contribution in [2.75, 3.05) is 6.54 Å². The van der Waals surface area contributed by atoms with Crippen molar-refractivity contribution in [2.24, 2.45) is 17.8 Å². The zero-order valence-corrected chi connectivity index (χ0v) is 12.8. The first-order valence-electron chi connectivity index (χ1n) is 7.68. The second kappa shape index (κ2) is 8.12. The summed E-state index contributed by atoms with van der Waals surface area (Å²) < 4.78 is 0. The summed E-state index contributed by atoms with van der Waals surface area (Å²) in [4.78, 5) is 22.6. The Bertz CT molecular complexity index is 331. The predicted octanol–water partition coefficient (Wildman–Crippen LogP) is 2.61. The van der Waals surface area contributed by atoms with Crippen LogP contribution in [0.15, 0.2) is 0 Å². The van der Waals surface area contributed by atoms with E-state index in [-0.39, 0.29) is 18.4 Å². The van der Waals surface area contributed by atoms with Crippen LogP contribution in [-0.2, 0) is 4.79 Å². The molecule has 0 radical (unpaired) electrons. The van der Waals surface area contributed by atoms with E-state index in [0.717, 1.165) is 19.3 Å². The zero-order valence-electron chi connectivity index (χ0n) is 12.8. The molecule has 3 N–H and O–H groups in total. The molecule has 0 saturated heterocycles. The fourth-order valence-electron chi connectivity index (χ4n) is 2.72. The molecule has 0 spiro atoms. The van der Waals surface area contributed by atoms with E-state index in [1.165, 1.54) is 6.42 Å². The summed E-state index contributed by atoms with van der Waals surface area (Å²) in [5, 5.41) is 14.7.